The molecule has 1 heterocycles. The maximum Gasteiger partial charge on any atom is 0.227 e. The van der Waals surface area contributed by atoms with E-state index in [-0.39, 0.29) is 24.4 Å². The van der Waals surface area contributed by atoms with Gasteiger partial charge in [0.15, 0.2) is 0 Å². The Morgan fingerprint density at radius 2 is 2.11 bits per heavy atom. The summed E-state index contributed by atoms with van der Waals surface area (Å²) in [5.41, 5.74) is 1.06. The molecule has 2 unspecified atom stereocenters. The Kier molecular flexibility index (Phi) is 6.30. The van der Waals surface area contributed by atoms with E-state index in [4.69, 9.17) is 0 Å². The number of carbonyl (C=O) groups excluding carboxylic acids is 1. The zero-order valence-corrected chi connectivity index (χ0v) is 13.6. The van der Waals surface area contributed by atoms with Gasteiger partial charge in [0.25, 0.3) is 0 Å². The molecule has 19 heavy (non-hydrogen) atoms. The van der Waals surface area contributed by atoms with Crippen LogP contribution in [0.3, 0.4) is 0 Å². The number of benzene rings is 1. The average molecular weight is 348 g/mol. The molecule has 0 spiro atoms. The summed E-state index contributed by atoms with van der Waals surface area (Å²) in [6.07, 6.45) is 0.471. The molecule has 1 aliphatic rings. The quantitative estimate of drug-likeness (QED) is 0.892. The van der Waals surface area contributed by atoms with Gasteiger partial charge in [0.05, 0.1) is 6.42 Å². The summed E-state index contributed by atoms with van der Waals surface area (Å²) in [5.74, 6) is 0.211. The van der Waals surface area contributed by atoms with E-state index in [0.29, 0.717) is 12.5 Å². The minimum absolute atomic E-state index is 0. The fraction of sp³-hybridized carbons (Fsp3) is 0.500. The fourth-order valence-corrected chi connectivity index (χ4v) is 2.74. The molecule has 1 saturated heterocycles. The van der Waals surface area contributed by atoms with Gasteiger partial charge in [-0.2, -0.15) is 0 Å². The molecule has 5 heteroatoms. The third-order valence-corrected chi connectivity index (χ3v) is 4.43. The molecule has 0 aromatic heterocycles. The van der Waals surface area contributed by atoms with Gasteiger partial charge in [-0.25, -0.2) is 0 Å². The highest BCUT2D eigenvalue weighted by Gasteiger charge is 2.27. The predicted octanol–water partition coefficient (Wildman–Crippen LogP) is 2.62. The van der Waals surface area contributed by atoms with E-state index < -0.39 is 0 Å². The van der Waals surface area contributed by atoms with Gasteiger partial charge in [0.1, 0.15) is 0 Å². The van der Waals surface area contributed by atoms with E-state index in [1.807, 2.05) is 29.2 Å². The van der Waals surface area contributed by atoms with Gasteiger partial charge >= 0.3 is 0 Å². The van der Waals surface area contributed by atoms with E-state index >= 15 is 0 Å². The molecule has 1 aliphatic heterocycles. The number of nitrogens with one attached hydrogen (secondary N) is 1. The van der Waals surface area contributed by atoms with Crippen molar-refractivity contribution in [2.75, 3.05) is 13.1 Å². The van der Waals surface area contributed by atoms with E-state index in [2.05, 4.69) is 35.1 Å². The number of rotatable bonds is 2. The molecule has 0 radical (unpaired) electrons. The van der Waals surface area contributed by atoms with Crippen LogP contribution in [-0.4, -0.2) is 36.0 Å². The highest BCUT2D eigenvalue weighted by atomic mass is 79.9. The lowest BCUT2D eigenvalue weighted by molar-refractivity contribution is -0.134. The van der Waals surface area contributed by atoms with Gasteiger partial charge in [0, 0.05) is 29.6 Å². The zero-order valence-electron chi connectivity index (χ0n) is 11.2. The SMILES string of the molecule is CC1NCCN(C(=O)Cc2ccccc2Br)C1C.Cl. The third kappa shape index (κ3) is 3.94. The molecule has 106 valence electrons. The summed E-state index contributed by atoms with van der Waals surface area (Å²) < 4.78 is 1.01. The van der Waals surface area contributed by atoms with Crippen molar-refractivity contribution in [3.05, 3.63) is 34.3 Å². The fourth-order valence-electron chi connectivity index (χ4n) is 2.31. The van der Waals surface area contributed by atoms with Crippen molar-refractivity contribution >= 4 is 34.2 Å². The minimum atomic E-state index is 0. The van der Waals surface area contributed by atoms with Gasteiger partial charge in [0.2, 0.25) is 5.91 Å². The van der Waals surface area contributed by atoms with Crippen LogP contribution in [0.2, 0.25) is 0 Å². The summed E-state index contributed by atoms with van der Waals surface area (Å²) in [6, 6.07) is 8.53. The molecule has 1 aromatic carbocycles. The van der Waals surface area contributed by atoms with Crippen molar-refractivity contribution in [2.24, 2.45) is 0 Å². The Morgan fingerprint density at radius 1 is 1.42 bits per heavy atom. The number of piperazine rings is 1. The van der Waals surface area contributed by atoms with Crippen LogP contribution in [-0.2, 0) is 11.2 Å². The topological polar surface area (TPSA) is 32.3 Å². The van der Waals surface area contributed by atoms with Gasteiger partial charge in [-0.3, -0.25) is 4.79 Å². The van der Waals surface area contributed by atoms with Crippen LogP contribution in [0.15, 0.2) is 28.7 Å². The van der Waals surface area contributed by atoms with E-state index in [1.165, 1.54) is 0 Å². The van der Waals surface area contributed by atoms with Gasteiger partial charge in [-0.15, -0.1) is 12.4 Å². The van der Waals surface area contributed by atoms with E-state index in [9.17, 15) is 4.79 Å². The molecular weight excluding hydrogens is 328 g/mol. The number of hydrogen-bond donors (Lipinski definition) is 1. The van der Waals surface area contributed by atoms with Crippen molar-refractivity contribution < 1.29 is 4.79 Å². The lowest BCUT2D eigenvalue weighted by Gasteiger charge is -2.38. The molecule has 0 bridgehead atoms. The monoisotopic (exact) mass is 346 g/mol. The first kappa shape index (κ1) is 16.5. The molecule has 1 amide bonds. The zero-order chi connectivity index (χ0) is 13.1. The maximum atomic E-state index is 12.4. The van der Waals surface area contributed by atoms with Crippen LogP contribution in [0.4, 0.5) is 0 Å². The Labute approximate surface area is 129 Å². The molecule has 1 fully saturated rings. The van der Waals surface area contributed by atoms with Gasteiger partial charge < -0.3 is 10.2 Å². The van der Waals surface area contributed by atoms with Crippen molar-refractivity contribution in [3.63, 3.8) is 0 Å². The molecular formula is C14H20BrClN2O. The number of hydrogen-bond acceptors (Lipinski definition) is 2. The standard InChI is InChI=1S/C14H19BrN2O.ClH/c1-10-11(2)17(8-7-16-10)14(18)9-12-5-3-4-6-13(12)15;/h3-6,10-11,16H,7-9H2,1-2H3;1H. The first-order valence-electron chi connectivity index (χ1n) is 6.36. The van der Waals surface area contributed by atoms with Crippen molar-refractivity contribution in [1.82, 2.24) is 10.2 Å². The van der Waals surface area contributed by atoms with Crippen LogP contribution in [0.5, 0.6) is 0 Å². The smallest absolute Gasteiger partial charge is 0.227 e. The second-order valence-corrected chi connectivity index (χ2v) is 5.69. The summed E-state index contributed by atoms with van der Waals surface area (Å²) in [6.45, 7) is 5.92. The molecule has 3 nitrogen and oxygen atoms in total. The van der Waals surface area contributed by atoms with Crippen LogP contribution >= 0.6 is 28.3 Å². The number of nitrogens with zero attached hydrogens (tertiary/aromatic N) is 1. The summed E-state index contributed by atoms with van der Waals surface area (Å²) in [7, 11) is 0. The maximum absolute atomic E-state index is 12.4. The number of amides is 1. The Balaban J connectivity index is 0.00000180. The predicted molar refractivity (Wildman–Crippen MR) is 83.7 cm³/mol. The van der Waals surface area contributed by atoms with Crippen LogP contribution in [0.25, 0.3) is 0 Å². The van der Waals surface area contributed by atoms with Crippen molar-refractivity contribution in [3.8, 4) is 0 Å². The van der Waals surface area contributed by atoms with Crippen LogP contribution in [0, 0.1) is 0 Å². The van der Waals surface area contributed by atoms with Crippen LogP contribution < -0.4 is 5.32 Å². The van der Waals surface area contributed by atoms with Crippen LogP contribution in [0.1, 0.15) is 19.4 Å². The Bertz CT molecular complexity index is 441. The molecule has 1 N–H and O–H groups in total. The number of carbonyl (C=O) groups is 1. The Morgan fingerprint density at radius 3 is 2.79 bits per heavy atom. The largest absolute Gasteiger partial charge is 0.337 e. The average Bonchev–Trinajstić information content (AvgIpc) is 2.35. The third-order valence-electron chi connectivity index (χ3n) is 3.65. The Hall–Kier alpha value is -0.580. The highest BCUT2D eigenvalue weighted by Crippen LogP contribution is 2.18. The van der Waals surface area contributed by atoms with E-state index in [1.54, 1.807) is 0 Å². The number of halogens is 2. The lowest BCUT2D eigenvalue weighted by atomic mass is 10.1. The summed E-state index contributed by atoms with van der Waals surface area (Å²) in [5, 5.41) is 3.39. The highest BCUT2D eigenvalue weighted by molar-refractivity contribution is 9.10. The van der Waals surface area contributed by atoms with E-state index in [0.717, 1.165) is 23.1 Å². The molecule has 0 aliphatic carbocycles. The lowest BCUT2D eigenvalue weighted by Crippen LogP contribution is -2.57. The molecule has 2 atom stereocenters. The van der Waals surface area contributed by atoms with Crippen molar-refractivity contribution in [2.45, 2.75) is 32.4 Å². The molecule has 1 aromatic rings. The van der Waals surface area contributed by atoms with Crippen molar-refractivity contribution in [1.29, 1.82) is 0 Å². The minimum Gasteiger partial charge on any atom is -0.337 e. The first-order valence-corrected chi connectivity index (χ1v) is 7.15. The molecule has 0 saturated carbocycles. The first-order chi connectivity index (χ1) is 8.59. The summed E-state index contributed by atoms with van der Waals surface area (Å²) >= 11 is 3.49. The second-order valence-electron chi connectivity index (χ2n) is 4.84. The summed E-state index contributed by atoms with van der Waals surface area (Å²) in [4.78, 5) is 14.3. The molecule has 2 rings (SSSR count). The van der Waals surface area contributed by atoms with Gasteiger partial charge in [-0.1, -0.05) is 34.1 Å². The second kappa shape index (κ2) is 7.27. The normalized spacial score (nSPS) is 22.8. The van der Waals surface area contributed by atoms with Gasteiger partial charge in [-0.05, 0) is 25.5 Å².